The standard InChI is InChI=1S/C9H13N/c1-4-9-6-5-7(2)10-8(9)3/h5-6,10H,2,4H2,1,3H3. The zero-order chi connectivity index (χ0) is 7.56. The second-order valence-electron chi connectivity index (χ2n) is 2.49. The van der Waals surface area contributed by atoms with Crippen molar-refractivity contribution in [2.75, 3.05) is 0 Å². The van der Waals surface area contributed by atoms with Crippen molar-refractivity contribution in [1.29, 1.82) is 0 Å². The average Bonchev–Trinajstić information content (AvgIpc) is 1.88. The number of allylic oxidation sites excluding steroid dienone is 4. The molecule has 0 saturated heterocycles. The van der Waals surface area contributed by atoms with Gasteiger partial charge >= 0.3 is 0 Å². The van der Waals surface area contributed by atoms with Crippen molar-refractivity contribution < 1.29 is 0 Å². The maximum atomic E-state index is 3.80. The summed E-state index contributed by atoms with van der Waals surface area (Å²) < 4.78 is 0. The molecule has 1 nitrogen and oxygen atoms in total. The Hall–Kier alpha value is -0.980. The number of dihydropyridines is 1. The number of nitrogens with one attached hydrogen (secondary N) is 1. The van der Waals surface area contributed by atoms with Crippen molar-refractivity contribution in [3.8, 4) is 0 Å². The van der Waals surface area contributed by atoms with Crippen molar-refractivity contribution in [1.82, 2.24) is 5.32 Å². The van der Waals surface area contributed by atoms with E-state index in [4.69, 9.17) is 0 Å². The second-order valence-corrected chi connectivity index (χ2v) is 2.49. The first kappa shape index (κ1) is 7.13. The third kappa shape index (κ3) is 1.29. The predicted octanol–water partition coefficient (Wildman–Crippen LogP) is 2.34. The highest BCUT2D eigenvalue weighted by atomic mass is 14.9. The van der Waals surface area contributed by atoms with E-state index in [0.717, 1.165) is 12.1 Å². The van der Waals surface area contributed by atoms with E-state index in [9.17, 15) is 0 Å². The molecule has 54 valence electrons. The molecular weight excluding hydrogens is 122 g/mol. The topological polar surface area (TPSA) is 12.0 Å². The molecule has 1 aliphatic heterocycles. The normalized spacial score (nSPS) is 17.6. The molecule has 0 atom stereocenters. The van der Waals surface area contributed by atoms with Gasteiger partial charge in [0.2, 0.25) is 0 Å². The molecule has 0 aromatic heterocycles. The molecular formula is C9H13N. The minimum Gasteiger partial charge on any atom is -0.359 e. The number of rotatable bonds is 1. The molecule has 1 aliphatic rings. The van der Waals surface area contributed by atoms with Crippen LogP contribution < -0.4 is 5.32 Å². The molecule has 1 heteroatoms. The summed E-state index contributed by atoms with van der Waals surface area (Å²) in [6, 6.07) is 0. The van der Waals surface area contributed by atoms with Gasteiger partial charge in [-0.3, -0.25) is 0 Å². The van der Waals surface area contributed by atoms with E-state index < -0.39 is 0 Å². The first-order valence-electron chi connectivity index (χ1n) is 3.57. The van der Waals surface area contributed by atoms with Gasteiger partial charge in [-0.2, -0.15) is 0 Å². The molecule has 0 amide bonds. The van der Waals surface area contributed by atoms with E-state index in [1.54, 1.807) is 0 Å². The molecule has 0 spiro atoms. The highest BCUT2D eigenvalue weighted by Gasteiger charge is 2.01. The smallest absolute Gasteiger partial charge is 0.0308 e. The minimum atomic E-state index is 0.981. The SMILES string of the molecule is C=C1C=CC(CC)=C(C)N1. The Morgan fingerprint density at radius 3 is 2.70 bits per heavy atom. The Labute approximate surface area is 62.1 Å². The summed E-state index contributed by atoms with van der Waals surface area (Å²) in [5.74, 6) is 0. The molecule has 0 unspecified atom stereocenters. The Bertz CT molecular complexity index is 209. The van der Waals surface area contributed by atoms with Crippen LogP contribution in [0.4, 0.5) is 0 Å². The Balaban J connectivity index is 2.82. The zero-order valence-electron chi connectivity index (χ0n) is 6.57. The van der Waals surface area contributed by atoms with Crippen LogP contribution in [0.1, 0.15) is 20.3 Å². The van der Waals surface area contributed by atoms with E-state index >= 15 is 0 Å². The van der Waals surface area contributed by atoms with E-state index in [-0.39, 0.29) is 0 Å². The van der Waals surface area contributed by atoms with Gasteiger partial charge in [0.25, 0.3) is 0 Å². The lowest BCUT2D eigenvalue weighted by Crippen LogP contribution is -2.12. The van der Waals surface area contributed by atoms with Gasteiger partial charge in [0.1, 0.15) is 0 Å². The lowest BCUT2D eigenvalue weighted by atomic mass is 10.1. The van der Waals surface area contributed by atoms with Crippen LogP contribution in [-0.2, 0) is 0 Å². The highest BCUT2D eigenvalue weighted by Crippen LogP contribution is 2.14. The fourth-order valence-corrected chi connectivity index (χ4v) is 1.07. The van der Waals surface area contributed by atoms with Crippen LogP contribution in [0, 0.1) is 0 Å². The van der Waals surface area contributed by atoms with E-state index in [1.165, 1.54) is 11.3 Å². The van der Waals surface area contributed by atoms with Gasteiger partial charge in [0.15, 0.2) is 0 Å². The van der Waals surface area contributed by atoms with Gasteiger partial charge < -0.3 is 5.32 Å². The van der Waals surface area contributed by atoms with Gasteiger partial charge in [-0.25, -0.2) is 0 Å². The van der Waals surface area contributed by atoms with E-state index in [2.05, 4.69) is 31.8 Å². The monoisotopic (exact) mass is 135 g/mol. The molecule has 0 fully saturated rings. The van der Waals surface area contributed by atoms with Gasteiger partial charge in [-0.05, 0) is 25.0 Å². The average molecular weight is 135 g/mol. The first-order chi connectivity index (χ1) is 4.74. The molecule has 0 radical (unpaired) electrons. The summed E-state index contributed by atoms with van der Waals surface area (Å²) in [6.45, 7) is 8.03. The Morgan fingerprint density at radius 1 is 1.50 bits per heavy atom. The summed E-state index contributed by atoms with van der Waals surface area (Å²) in [6.07, 6.45) is 5.21. The summed E-state index contributed by atoms with van der Waals surface area (Å²) in [4.78, 5) is 0. The first-order valence-corrected chi connectivity index (χ1v) is 3.57. The van der Waals surface area contributed by atoms with Crippen LogP contribution in [0.3, 0.4) is 0 Å². The van der Waals surface area contributed by atoms with Gasteiger partial charge in [0.05, 0.1) is 0 Å². The lowest BCUT2D eigenvalue weighted by molar-refractivity contribution is 0.934. The van der Waals surface area contributed by atoms with Crippen LogP contribution in [-0.4, -0.2) is 0 Å². The molecule has 0 aromatic rings. The predicted molar refractivity (Wildman–Crippen MR) is 44.4 cm³/mol. The number of hydrogen-bond donors (Lipinski definition) is 1. The second kappa shape index (κ2) is 2.74. The number of hydrogen-bond acceptors (Lipinski definition) is 1. The summed E-state index contributed by atoms with van der Waals surface area (Å²) in [5.41, 5.74) is 3.58. The van der Waals surface area contributed by atoms with Crippen molar-refractivity contribution in [2.45, 2.75) is 20.3 Å². The molecule has 0 bridgehead atoms. The van der Waals surface area contributed by atoms with Gasteiger partial charge in [-0.15, -0.1) is 0 Å². The molecule has 10 heavy (non-hydrogen) atoms. The summed E-state index contributed by atoms with van der Waals surface area (Å²) in [7, 11) is 0. The third-order valence-corrected chi connectivity index (χ3v) is 1.70. The Morgan fingerprint density at radius 2 is 2.20 bits per heavy atom. The molecule has 1 N–H and O–H groups in total. The van der Waals surface area contributed by atoms with Crippen LogP contribution in [0.25, 0.3) is 0 Å². The van der Waals surface area contributed by atoms with Crippen LogP contribution in [0.2, 0.25) is 0 Å². The minimum absolute atomic E-state index is 0.981. The van der Waals surface area contributed by atoms with Crippen molar-refractivity contribution in [3.05, 3.63) is 35.7 Å². The highest BCUT2D eigenvalue weighted by molar-refractivity contribution is 5.35. The quantitative estimate of drug-likeness (QED) is 0.582. The van der Waals surface area contributed by atoms with Crippen LogP contribution >= 0.6 is 0 Å². The molecule has 0 aromatic carbocycles. The van der Waals surface area contributed by atoms with Gasteiger partial charge in [0, 0.05) is 11.4 Å². The maximum absolute atomic E-state index is 3.80. The largest absolute Gasteiger partial charge is 0.359 e. The van der Waals surface area contributed by atoms with Gasteiger partial charge in [-0.1, -0.05) is 19.6 Å². The molecule has 0 saturated carbocycles. The molecule has 0 aliphatic carbocycles. The van der Waals surface area contributed by atoms with Crippen molar-refractivity contribution >= 4 is 0 Å². The molecule has 1 heterocycles. The van der Waals surface area contributed by atoms with Crippen molar-refractivity contribution in [3.63, 3.8) is 0 Å². The fourth-order valence-electron chi connectivity index (χ4n) is 1.07. The van der Waals surface area contributed by atoms with Crippen molar-refractivity contribution in [2.24, 2.45) is 0 Å². The van der Waals surface area contributed by atoms with E-state index in [1.807, 2.05) is 6.08 Å². The Kier molecular flexibility index (Phi) is 1.95. The lowest BCUT2D eigenvalue weighted by Gasteiger charge is -2.14. The summed E-state index contributed by atoms with van der Waals surface area (Å²) in [5, 5.41) is 3.18. The van der Waals surface area contributed by atoms with E-state index in [0.29, 0.717) is 0 Å². The van der Waals surface area contributed by atoms with Crippen LogP contribution in [0.15, 0.2) is 35.7 Å². The fraction of sp³-hybridized carbons (Fsp3) is 0.333. The van der Waals surface area contributed by atoms with Crippen LogP contribution in [0.5, 0.6) is 0 Å². The zero-order valence-corrected chi connectivity index (χ0v) is 6.57. The third-order valence-electron chi connectivity index (χ3n) is 1.70. The summed E-state index contributed by atoms with van der Waals surface area (Å²) >= 11 is 0. The maximum Gasteiger partial charge on any atom is 0.0308 e. The molecule has 1 rings (SSSR count).